The van der Waals surface area contributed by atoms with Crippen LogP contribution in [0.15, 0.2) is 16.5 Å². The third-order valence-electron chi connectivity index (χ3n) is 3.74. The summed E-state index contributed by atoms with van der Waals surface area (Å²) in [7, 11) is 2.00. The molecule has 6 heteroatoms. The standard InChI is InChI=1S/C14H21N5O/c1-10-5-6-12(20-10)13-16-14(18-17-13)19-7-3-4-11(9-19)8-15-2/h5-6,11,15H,3-4,7-9H2,1-2H3,(H,16,17,18). The fourth-order valence-electron chi connectivity index (χ4n) is 2.77. The van der Waals surface area contributed by atoms with E-state index in [1.807, 2.05) is 26.1 Å². The maximum Gasteiger partial charge on any atom is 0.245 e. The molecule has 0 saturated carbocycles. The number of anilines is 1. The van der Waals surface area contributed by atoms with Gasteiger partial charge in [-0.2, -0.15) is 4.98 Å². The normalized spacial score (nSPS) is 19.5. The van der Waals surface area contributed by atoms with Gasteiger partial charge in [0.15, 0.2) is 11.6 Å². The number of furan rings is 1. The van der Waals surface area contributed by atoms with Crippen LogP contribution in [0.5, 0.6) is 0 Å². The Morgan fingerprint density at radius 3 is 3.15 bits per heavy atom. The van der Waals surface area contributed by atoms with E-state index in [1.165, 1.54) is 12.8 Å². The SMILES string of the molecule is CNCC1CCCN(c2n[nH]c(-c3ccc(C)o3)n2)C1. The molecule has 2 aromatic heterocycles. The van der Waals surface area contributed by atoms with Crippen LogP contribution in [0.25, 0.3) is 11.6 Å². The number of nitrogens with zero attached hydrogens (tertiary/aromatic N) is 3. The minimum Gasteiger partial charge on any atom is -0.458 e. The third-order valence-corrected chi connectivity index (χ3v) is 3.74. The molecule has 2 N–H and O–H groups in total. The predicted octanol–water partition coefficient (Wildman–Crippen LogP) is 1.81. The number of aromatic nitrogens is 3. The molecule has 2 aromatic rings. The van der Waals surface area contributed by atoms with Crippen LogP contribution in [-0.4, -0.2) is 41.9 Å². The van der Waals surface area contributed by atoms with E-state index < -0.39 is 0 Å². The van der Waals surface area contributed by atoms with Crippen molar-refractivity contribution in [3.63, 3.8) is 0 Å². The van der Waals surface area contributed by atoms with Gasteiger partial charge in [0.2, 0.25) is 5.95 Å². The van der Waals surface area contributed by atoms with Gasteiger partial charge in [0.25, 0.3) is 0 Å². The Kier molecular flexibility index (Phi) is 3.73. The molecule has 6 nitrogen and oxygen atoms in total. The average molecular weight is 275 g/mol. The maximum atomic E-state index is 5.57. The van der Waals surface area contributed by atoms with Gasteiger partial charge in [0.05, 0.1) is 0 Å². The van der Waals surface area contributed by atoms with Gasteiger partial charge in [-0.3, -0.25) is 5.10 Å². The number of rotatable bonds is 4. The Balaban J connectivity index is 1.73. The van der Waals surface area contributed by atoms with Crippen molar-refractivity contribution in [2.24, 2.45) is 5.92 Å². The molecule has 3 rings (SSSR count). The summed E-state index contributed by atoms with van der Waals surface area (Å²) in [5, 5.41) is 10.5. The monoisotopic (exact) mass is 275 g/mol. The average Bonchev–Trinajstić information content (AvgIpc) is 3.08. The number of nitrogens with one attached hydrogen (secondary N) is 2. The fraction of sp³-hybridized carbons (Fsp3) is 0.571. The van der Waals surface area contributed by atoms with Crippen LogP contribution in [-0.2, 0) is 0 Å². The number of aryl methyl sites for hydroxylation is 1. The highest BCUT2D eigenvalue weighted by Gasteiger charge is 2.22. The van der Waals surface area contributed by atoms with Crippen LogP contribution in [0.2, 0.25) is 0 Å². The molecule has 0 amide bonds. The van der Waals surface area contributed by atoms with Gasteiger partial charge < -0.3 is 14.6 Å². The first-order valence-electron chi connectivity index (χ1n) is 7.15. The van der Waals surface area contributed by atoms with Crippen molar-refractivity contribution >= 4 is 5.95 Å². The van der Waals surface area contributed by atoms with Crippen molar-refractivity contribution in [3.8, 4) is 11.6 Å². The molecule has 1 fully saturated rings. The van der Waals surface area contributed by atoms with Crippen LogP contribution in [0.4, 0.5) is 5.95 Å². The zero-order valence-corrected chi connectivity index (χ0v) is 12.0. The lowest BCUT2D eigenvalue weighted by molar-refractivity contribution is 0.399. The third kappa shape index (κ3) is 2.70. The Morgan fingerprint density at radius 2 is 2.40 bits per heavy atom. The van der Waals surface area contributed by atoms with E-state index in [-0.39, 0.29) is 0 Å². The summed E-state index contributed by atoms with van der Waals surface area (Å²) in [5.41, 5.74) is 0. The largest absolute Gasteiger partial charge is 0.458 e. The molecule has 1 atom stereocenters. The maximum absolute atomic E-state index is 5.57. The number of hydrogen-bond donors (Lipinski definition) is 2. The molecule has 20 heavy (non-hydrogen) atoms. The van der Waals surface area contributed by atoms with Gasteiger partial charge in [-0.25, -0.2) is 0 Å². The minimum atomic E-state index is 0.668. The Bertz CT molecular complexity index is 559. The highest BCUT2D eigenvalue weighted by Crippen LogP contribution is 2.23. The summed E-state index contributed by atoms with van der Waals surface area (Å²) in [6.07, 6.45) is 2.46. The molecule has 0 aliphatic carbocycles. The highest BCUT2D eigenvalue weighted by molar-refractivity contribution is 5.49. The number of hydrogen-bond acceptors (Lipinski definition) is 5. The van der Waals surface area contributed by atoms with E-state index in [0.29, 0.717) is 11.7 Å². The van der Waals surface area contributed by atoms with Crippen molar-refractivity contribution in [1.82, 2.24) is 20.5 Å². The first-order chi connectivity index (χ1) is 9.76. The second-order valence-electron chi connectivity index (χ2n) is 5.41. The fourth-order valence-corrected chi connectivity index (χ4v) is 2.77. The van der Waals surface area contributed by atoms with Crippen LogP contribution in [0.1, 0.15) is 18.6 Å². The molecule has 0 radical (unpaired) electrons. The van der Waals surface area contributed by atoms with Gasteiger partial charge in [0.1, 0.15) is 5.76 Å². The van der Waals surface area contributed by atoms with Gasteiger partial charge in [-0.15, -0.1) is 5.10 Å². The van der Waals surface area contributed by atoms with Gasteiger partial charge in [-0.1, -0.05) is 0 Å². The molecule has 0 spiro atoms. The quantitative estimate of drug-likeness (QED) is 0.890. The zero-order chi connectivity index (χ0) is 13.9. The van der Waals surface area contributed by atoms with E-state index in [0.717, 1.165) is 37.1 Å². The molecule has 108 valence electrons. The topological polar surface area (TPSA) is 70.0 Å². The molecule has 3 heterocycles. The minimum absolute atomic E-state index is 0.668. The highest BCUT2D eigenvalue weighted by atomic mass is 16.3. The van der Waals surface area contributed by atoms with Crippen molar-refractivity contribution in [1.29, 1.82) is 0 Å². The summed E-state index contributed by atoms with van der Waals surface area (Å²) in [6.45, 7) is 5.00. The Morgan fingerprint density at radius 1 is 1.50 bits per heavy atom. The molecule has 1 aliphatic rings. The Hall–Kier alpha value is -1.82. The van der Waals surface area contributed by atoms with Crippen molar-refractivity contribution < 1.29 is 4.42 Å². The van der Waals surface area contributed by atoms with E-state index in [4.69, 9.17) is 4.42 Å². The van der Waals surface area contributed by atoms with Crippen LogP contribution >= 0.6 is 0 Å². The first-order valence-corrected chi connectivity index (χ1v) is 7.15. The molecular weight excluding hydrogens is 254 g/mol. The summed E-state index contributed by atoms with van der Waals surface area (Å²) >= 11 is 0. The Labute approximate surface area is 118 Å². The molecule has 1 unspecified atom stereocenters. The molecule has 1 saturated heterocycles. The lowest BCUT2D eigenvalue weighted by Crippen LogP contribution is -2.39. The smallest absolute Gasteiger partial charge is 0.245 e. The summed E-state index contributed by atoms with van der Waals surface area (Å²) in [5.74, 6) is 3.76. The van der Waals surface area contributed by atoms with Crippen molar-refractivity contribution in [2.75, 3.05) is 31.6 Å². The summed E-state index contributed by atoms with van der Waals surface area (Å²) in [6, 6.07) is 3.85. The summed E-state index contributed by atoms with van der Waals surface area (Å²) in [4.78, 5) is 6.81. The lowest BCUT2D eigenvalue weighted by atomic mass is 9.98. The summed E-state index contributed by atoms with van der Waals surface area (Å²) < 4.78 is 5.57. The van der Waals surface area contributed by atoms with Crippen LogP contribution < -0.4 is 10.2 Å². The second kappa shape index (κ2) is 5.66. The number of H-pyrrole nitrogens is 1. The molecular formula is C14H21N5O. The van der Waals surface area contributed by atoms with E-state index in [1.54, 1.807) is 0 Å². The van der Waals surface area contributed by atoms with Crippen molar-refractivity contribution in [3.05, 3.63) is 17.9 Å². The lowest BCUT2D eigenvalue weighted by Gasteiger charge is -2.31. The van der Waals surface area contributed by atoms with Crippen LogP contribution in [0, 0.1) is 12.8 Å². The number of piperidine rings is 1. The molecule has 0 bridgehead atoms. The van der Waals surface area contributed by atoms with E-state index >= 15 is 0 Å². The molecule has 1 aliphatic heterocycles. The van der Waals surface area contributed by atoms with E-state index in [2.05, 4.69) is 25.4 Å². The van der Waals surface area contributed by atoms with Gasteiger partial charge in [-0.05, 0) is 51.4 Å². The van der Waals surface area contributed by atoms with Gasteiger partial charge in [0, 0.05) is 13.1 Å². The van der Waals surface area contributed by atoms with E-state index in [9.17, 15) is 0 Å². The van der Waals surface area contributed by atoms with Crippen LogP contribution in [0.3, 0.4) is 0 Å². The first kappa shape index (κ1) is 13.2. The van der Waals surface area contributed by atoms with Gasteiger partial charge >= 0.3 is 0 Å². The second-order valence-corrected chi connectivity index (χ2v) is 5.41. The van der Waals surface area contributed by atoms with Crippen molar-refractivity contribution in [2.45, 2.75) is 19.8 Å². The molecule has 0 aromatic carbocycles. The predicted molar refractivity (Wildman–Crippen MR) is 77.7 cm³/mol. The zero-order valence-electron chi connectivity index (χ0n) is 12.0. The number of aromatic amines is 1.